The molecule has 0 saturated heterocycles. The van der Waals surface area contributed by atoms with E-state index in [1.165, 1.54) is 18.2 Å². The monoisotopic (exact) mass is 498 g/mol. The number of fused-ring (bicyclic) bond motifs is 1. The number of aromatic hydroxyl groups is 1. The fourth-order valence-electron chi connectivity index (χ4n) is 3.01. The average Bonchev–Trinajstić information content (AvgIpc) is 2.96. The zero-order valence-corrected chi connectivity index (χ0v) is 19.1. The van der Waals surface area contributed by atoms with Crippen LogP contribution in [0.15, 0.2) is 48.5 Å². The smallest absolute Gasteiger partial charge is 0.404 e. The highest BCUT2D eigenvalue weighted by atomic mass is 32.2. The Morgan fingerprint density at radius 2 is 1.68 bits per heavy atom. The minimum atomic E-state index is -4.97. The van der Waals surface area contributed by atoms with E-state index in [1.54, 1.807) is 43.7 Å². The van der Waals surface area contributed by atoms with Gasteiger partial charge in [-0.3, -0.25) is 9.52 Å². The number of carbonyl (C=O) groups is 2. The molecule has 0 bridgehead atoms. The van der Waals surface area contributed by atoms with Gasteiger partial charge in [-0.25, -0.2) is 13.2 Å². The Labute approximate surface area is 193 Å². The van der Waals surface area contributed by atoms with Crippen molar-refractivity contribution in [3.8, 4) is 5.88 Å². The first-order chi connectivity index (χ1) is 15.6. The number of nitrogens with one attached hydrogen (secondary N) is 1. The second-order valence-corrected chi connectivity index (χ2v) is 10.2. The standard InChI is InChI=1S/C22H21F3N2O6S/c1-21(2,3)20(30)33-27-16-11-14(26-34(31,32)12-22(23,24)25)9-10-15(16)17(19(27)29)18(28)13-7-5-4-6-8-13/h4-11,26,29H,12H2,1-3H3. The first kappa shape index (κ1) is 25.1. The van der Waals surface area contributed by atoms with Crippen LogP contribution in [0.3, 0.4) is 0 Å². The molecule has 0 spiro atoms. The van der Waals surface area contributed by atoms with Gasteiger partial charge in [0.1, 0.15) is 0 Å². The van der Waals surface area contributed by atoms with Gasteiger partial charge in [0.05, 0.1) is 22.2 Å². The molecule has 3 rings (SSSR count). The molecule has 2 aromatic carbocycles. The summed E-state index contributed by atoms with van der Waals surface area (Å²) in [5.41, 5.74) is -1.43. The van der Waals surface area contributed by atoms with Crippen molar-refractivity contribution in [1.29, 1.82) is 0 Å². The van der Waals surface area contributed by atoms with E-state index in [9.17, 15) is 36.3 Å². The number of rotatable bonds is 6. The molecule has 0 saturated carbocycles. The van der Waals surface area contributed by atoms with Crippen LogP contribution in [0.5, 0.6) is 5.88 Å². The molecular weight excluding hydrogens is 477 g/mol. The predicted molar refractivity (Wildman–Crippen MR) is 118 cm³/mol. The van der Waals surface area contributed by atoms with Crippen LogP contribution in [-0.2, 0) is 14.8 Å². The van der Waals surface area contributed by atoms with E-state index in [4.69, 9.17) is 4.84 Å². The maximum atomic E-state index is 13.1. The fraction of sp³-hybridized carbons (Fsp3) is 0.273. The van der Waals surface area contributed by atoms with Crippen molar-refractivity contribution < 1.29 is 41.1 Å². The number of aromatic nitrogens is 1. The first-order valence-corrected chi connectivity index (χ1v) is 11.5. The lowest BCUT2D eigenvalue weighted by Crippen LogP contribution is -2.31. The van der Waals surface area contributed by atoms with Crippen LogP contribution in [0, 0.1) is 5.41 Å². The van der Waals surface area contributed by atoms with Gasteiger partial charge >= 0.3 is 12.1 Å². The van der Waals surface area contributed by atoms with Gasteiger partial charge in [-0.2, -0.15) is 13.2 Å². The molecule has 0 unspecified atom stereocenters. The van der Waals surface area contributed by atoms with E-state index in [0.717, 1.165) is 12.1 Å². The maximum absolute atomic E-state index is 13.1. The molecule has 1 aromatic heterocycles. The second kappa shape index (κ2) is 8.67. The summed E-state index contributed by atoms with van der Waals surface area (Å²) in [5.74, 6) is -4.24. The molecule has 1 heterocycles. The summed E-state index contributed by atoms with van der Waals surface area (Å²) in [6.45, 7) is 4.64. The van der Waals surface area contributed by atoms with Crippen LogP contribution >= 0.6 is 0 Å². The van der Waals surface area contributed by atoms with Gasteiger partial charge in [-0.1, -0.05) is 30.3 Å². The van der Waals surface area contributed by atoms with Crippen LogP contribution in [0.1, 0.15) is 36.7 Å². The van der Waals surface area contributed by atoms with Crippen molar-refractivity contribution in [3.63, 3.8) is 0 Å². The van der Waals surface area contributed by atoms with Crippen molar-refractivity contribution in [3.05, 3.63) is 59.7 Å². The van der Waals surface area contributed by atoms with Crippen LogP contribution in [0.4, 0.5) is 18.9 Å². The van der Waals surface area contributed by atoms with Gasteiger partial charge in [-0.05, 0) is 39.0 Å². The summed E-state index contributed by atoms with van der Waals surface area (Å²) >= 11 is 0. The van der Waals surface area contributed by atoms with Gasteiger partial charge < -0.3 is 9.94 Å². The van der Waals surface area contributed by atoms with Crippen LogP contribution in [-0.4, -0.2) is 41.9 Å². The molecule has 0 amide bonds. The van der Waals surface area contributed by atoms with Crippen molar-refractivity contribution in [1.82, 2.24) is 4.73 Å². The van der Waals surface area contributed by atoms with Gasteiger partial charge in [0.25, 0.3) is 0 Å². The molecule has 0 fully saturated rings. The van der Waals surface area contributed by atoms with E-state index < -0.39 is 45.0 Å². The number of ketones is 1. The summed E-state index contributed by atoms with van der Waals surface area (Å²) in [4.78, 5) is 30.8. The number of hydrogen-bond acceptors (Lipinski definition) is 6. The Kier molecular flexibility index (Phi) is 6.40. The quantitative estimate of drug-likeness (QED) is 0.499. The molecule has 0 aliphatic rings. The highest BCUT2D eigenvalue weighted by Gasteiger charge is 2.35. The van der Waals surface area contributed by atoms with Crippen molar-refractivity contribution in [2.75, 3.05) is 10.5 Å². The van der Waals surface area contributed by atoms with Crippen LogP contribution < -0.4 is 9.56 Å². The lowest BCUT2D eigenvalue weighted by Gasteiger charge is -2.17. The molecule has 182 valence electrons. The van der Waals surface area contributed by atoms with Crippen LogP contribution in [0.2, 0.25) is 0 Å². The minimum Gasteiger partial charge on any atom is -0.492 e. The Bertz CT molecular complexity index is 1360. The van der Waals surface area contributed by atoms with Crippen molar-refractivity contribution in [2.24, 2.45) is 5.41 Å². The van der Waals surface area contributed by atoms with E-state index in [1.807, 2.05) is 0 Å². The zero-order chi connectivity index (χ0) is 25.5. The summed E-state index contributed by atoms with van der Waals surface area (Å²) in [7, 11) is -4.80. The number of benzene rings is 2. The highest BCUT2D eigenvalue weighted by Crippen LogP contribution is 2.35. The third-order valence-electron chi connectivity index (χ3n) is 4.58. The van der Waals surface area contributed by atoms with E-state index in [2.05, 4.69) is 0 Å². The van der Waals surface area contributed by atoms with Gasteiger partial charge in [0.15, 0.2) is 11.5 Å². The lowest BCUT2D eigenvalue weighted by molar-refractivity contribution is -0.153. The van der Waals surface area contributed by atoms with Crippen molar-refractivity contribution in [2.45, 2.75) is 26.9 Å². The average molecular weight is 498 g/mol. The summed E-state index contributed by atoms with van der Waals surface area (Å²) in [6, 6.07) is 11.3. The summed E-state index contributed by atoms with van der Waals surface area (Å²) < 4.78 is 64.0. The number of carbonyl (C=O) groups excluding carboxylic acids is 2. The SMILES string of the molecule is CC(C)(C)C(=O)On1c(O)c(C(=O)c2ccccc2)c2ccc(NS(=O)(=O)CC(F)(F)F)cc21. The lowest BCUT2D eigenvalue weighted by atomic mass is 9.98. The Morgan fingerprint density at radius 1 is 1.06 bits per heavy atom. The third-order valence-corrected chi connectivity index (χ3v) is 5.83. The molecule has 0 aliphatic carbocycles. The normalized spacial score (nSPS) is 12.5. The topological polar surface area (TPSA) is 115 Å². The molecule has 12 heteroatoms. The number of nitrogens with zero attached hydrogens (tertiary/aromatic N) is 1. The first-order valence-electron chi connectivity index (χ1n) is 9.86. The molecule has 0 aliphatic heterocycles. The van der Waals surface area contributed by atoms with E-state index in [-0.39, 0.29) is 27.7 Å². The predicted octanol–water partition coefficient (Wildman–Crippen LogP) is 3.88. The van der Waals surface area contributed by atoms with Crippen LogP contribution in [0.25, 0.3) is 10.9 Å². The Balaban J connectivity index is 2.16. The molecule has 0 atom stereocenters. The van der Waals surface area contributed by atoms with E-state index in [0.29, 0.717) is 4.73 Å². The summed E-state index contributed by atoms with van der Waals surface area (Å²) in [6.07, 6.45) is -4.97. The molecule has 8 nitrogen and oxygen atoms in total. The van der Waals surface area contributed by atoms with Gasteiger partial charge in [-0.15, -0.1) is 4.73 Å². The van der Waals surface area contributed by atoms with Gasteiger partial charge in [0, 0.05) is 10.9 Å². The second-order valence-electron chi connectivity index (χ2n) is 8.53. The number of alkyl halides is 3. The third kappa shape index (κ3) is 5.50. The molecule has 34 heavy (non-hydrogen) atoms. The van der Waals surface area contributed by atoms with E-state index >= 15 is 0 Å². The fourth-order valence-corrected chi connectivity index (χ4v) is 4.00. The van der Waals surface area contributed by atoms with Gasteiger partial charge in [0.2, 0.25) is 15.9 Å². The molecule has 3 aromatic rings. The molecular formula is C22H21F3N2O6S. The minimum absolute atomic E-state index is 0.0897. The number of anilines is 1. The maximum Gasteiger partial charge on any atom is 0.404 e. The van der Waals surface area contributed by atoms with Crippen molar-refractivity contribution >= 4 is 38.4 Å². The Morgan fingerprint density at radius 3 is 2.24 bits per heavy atom. The number of sulfonamides is 1. The highest BCUT2D eigenvalue weighted by molar-refractivity contribution is 7.92. The zero-order valence-electron chi connectivity index (χ0n) is 18.3. The molecule has 0 radical (unpaired) electrons. The summed E-state index contributed by atoms with van der Waals surface area (Å²) in [5, 5.41) is 10.9. The number of halogens is 3. The largest absolute Gasteiger partial charge is 0.492 e. The Hall–Kier alpha value is -3.54. The molecule has 2 N–H and O–H groups in total. The number of hydrogen-bond donors (Lipinski definition) is 2.